The van der Waals surface area contributed by atoms with Gasteiger partial charge in [-0.1, -0.05) is 0 Å². The Balaban J connectivity index is 2.25. The van der Waals surface area contributed by atoms with Crippen molar-refractivity contribution < 1.29 is 9.90 Å². The number of nitrogens with two attached hydrogens (primary N) is 1. The molecule has 0 radical (unpaired) electrons. The van der Waals surface area contributed by atoms with Crippen molar-refractivity contribution in [3.63, 3.8) is 0 Å². The Morgan fingerprint density at radius 1 is 1.58 bits per heavy atom. The van der Waals surface area contributed by atoms with Crippen molar-refractivity contribution in [3.05, 3.63) is 0 Å². The molecule has 0 unspecified atom stereocenters. The maximum atomic E-state index is 10.8. The molecule has 66 valence electrons. The number of hydrazone groups is 1. The van der Waals surface area contributed by atoms with E-state index in [0.717, 1.165) is 25.0 Å². The van der Waals surface area contributed by atoms with E-state index in [9.17, 15) is 4.79 Å². The summed E-state index contributed by atoms with van der Waals surface area (Å²) in [5.41, 5.74) is 0.915. The van der Waals surface area contributed by atoms with Crippen molar-refractivity contribution in [2.75, 3.05) is 0 Å². The molecule has 0 aromatic rings. The number of nitrogens with zero attached hydrogens (tertiary/aromatic N) is 1. The Bertz CT molecular complexity index is 249. The van der Waals surface area contributed by atoms with Crippen LogP contribution in [0.2, 0.25) is 0 Å². The van der Waals surface area contributed by atoms with Gasteiger partial charge in [0.05, 0.1) is 5.92 Å². The van der Waals surface area contributed by atoms with Crippen LogP contribution < -0.4 is 5.84 Å². The summed E-state index contributed by atoms with van der Waals surface area (Å²) in [6.45, 7) is 0. The van der Waals surface area contributed by atoms with Crippen molar-refractivity contribution in [2.45, 2.75) is 19.3 Å². The molecule has 2 saturated carbocycles. The average molecular weight is 168 g/mol. The van der Waals surface area contributed by atoms with Gasteiger partial charge >= 0.3 is 5.97 Å². The molecule has 0 amide bonds. The molecule has 4 heteroatoms. The SMILES string of the molecule is N/N=C1/C[C@@H]2CC[C@@H]1[C@@H]2C(=O)O. The number of fused-ring (bicyclic) bond motifs is 2. The lowest BCUT2D eigenvalue weighted by Gasteiger charge is -2.09. The molecule has 2 aliphatic rings. The monoisotopic (exact) mass is 168 g/mol. The molecule has 0 aliphatic heterocycles. The molecular formula is C8H12N2O2. The second kappa shape index (κ2) is 2.47. The van der Waals surface area contributed by atoms with E-state index in [0.29, 0.717) is 5.92 Å². The van der Waals surface area contributed by atoms with Crippen molar-refractivity contribution >= 4 is 11.7 Å². The Morgan fingerprint density at radius 2 is 2.33 bits per heavy atom. The maximum absolute atomic E-state index is 10.8. The fraction of sp³-hybridized carbons (Fsp3) is 0.750. The van der Waals surface area contributed by atoms with Crippen molar-refractivity contribution in [3.8, 4) is 0 Å². The summed E-state index contributed by atoms with van der Waals surface area (Å²) < 4.78 is 0. The third kappa shape index (κ3) is 0.838. The zero-order valence-electron chi connectivity index (χ0n) is 6.73. The van der Waals surface area contributed by atoms with Gasteiger partial charge in [0.1, 0.15) is 0 Å². The molecular weight excluding hydrogens is 156 g/mol. The first-order chi connectivity index (χ1) is 5.74. The van der Waals surface area contributed by atoms with E-state index in [1.807, 2.05) is 0 Å². The first kappa shape index (κ1) is 7.58. The van der Waals surface area contributed by atoms with Crippen LogP contribution >= 0.6 is 0 Å². The van der Waals surface area contributed by atoms with Crippen LogP contribution in [0, 0.1) is 17.8 Å². The van der Waals surface area contributed by atoms with Gasteiger partial charge in [0.25, 0.3) is 0 Å². The predicted octanol–water partition coefficient (Wildman–Crippen LogP) is 0.432. The van der Waals surface area contributed by atoms with Crippen LogP contribution in [0.15, 0.2) is 5.10 Å². The highest BCUT2D eigenvalue weighted by atomic mass is 16.4. The van der Waals surface area contributed by atoms with E-state index in [1.165, 1.54) is 0 Å². The summed E-state index contributed by atoms with van der Waals surface area (Å²) >= 11 is 0. The molecule has 3 atom stereocenters. The third-order valence-electron chi connectivity index (χ3n) is 3.14. The fourth-order valence-electron chi connectivity index (χ4n) is 2.63. The quantitative estimate of drug-likeness (QED) is 0.440. The first-order valence-electron chi connectivity index (χ1n) is 4.23. The first-order valence-corrected chi connectivity index (χ1v) is 4.23. The Labute approximate surface area is 70.4 Å². The van der Waals surface area contributed by atoms with Gasteiger partial charge in [-0.05, 0) is 25.2 Å². The molecule has 0 heterocycles. The van der Waals surface area contributed by atoms with E-state index in [1.54, 1.807) is 0 Å². The van der Waals surface area contributed by atoms with Gasteiger partial charge < -0.3 is 10.9 Å². The topological polar surface area (TPSA) is 75.7 Å². The number of aliphatic carboxylic acids is 1. The van der Waals surface area contributed by atoms with E-state index in [2.05, 4.69) is 5.10 Å². The lowest BCUT2D eigenvalue weighted by Crippen LogP contribution is -2.20. The molecule has 4 nitrogen and oxygen atoms in total. The normalized spacial score (nSPS) is 42.3. The Hall–Kier alpha value is -1.06. The molecule has 2 fully saturated rings. The number of carboxylic acid groups (broad SMARTS) is 1. The molecule has 0 spiro atoms. The third-order valence-corrected chi connectivity index (χ3v) is 3.14. The molecule has 3 N–H and O–H groups in total. The predicted molar refractivity (Wildman–Crippen MR) is 43.6 cm³/mol. The number of hydrogen-bond donors (Lipinski definition) is 2. The second-order valence-corrected chi connectivity index (χ2v) is 3.63. The standard InChI is InChI=1S/C8H12N2O2/c9-10-6-3-4-1-2-5(6)7(4)8(11)12/h4-5,7H,1-3,9H2,(H,11,12)/b10-6-/t4-,5-,7+/m0/s1. The van der Waals surface area contributed by atoms with Gasteiger partial charge in [0.15, 0.2) is 0 Å². The molecule has 2 rings (SSSR count). The van der Waals surface area contributed by atoms with Gasteiger partial charge in [-0.3, -0.25) is 4.79 Å². The number of hydrogen-bond acceptors (Lipinski definition) is 3. The van der Waals surface area contributed by atoms with Gasteiger partial charge in [-0.25, -0.2) is 0 Å². The summed E-state index contributed by atoms with van der Waals surface area (Å²) in [6, 6.07) is 0. The number of carbonyl (C=O) groups is 1. The molecule has 0 saturated heterocycles. The minimum absolute atomic E-state index is 0.137. The van der Waals surface area contributed by atoms with E-state index in [4.69, 9.17) is 10.9 Å². The fourth-order valence-corrected chi connectivity index (χ4v) is 2.63. The second-order valence-electron chi connectivity index (χ2n) is 3.63. The smallest absolute Gasteiger partial charge is 0.307 e. The minimum Gasteiger partial charge on any atom is -0.481 e. The number of rotatable bonds is 1. The lowest BCUT2D eigenvalue weighted by molar-refractivity contribution is -0.143. The van der Waals surface area contributed by atoms with Crippen LogP contribution in [0.25, 0.3) is 0 Å². The van der Waals surface area contributed by atoms with Crippen molar-refractivity contribution in [2.24, 2.45) is 28.7 Å². The molecule has 0 aromatic heterocycles. The summed E-state index contributed by atoms with van der Waals surface area (Å²) in [4.78, 5) is 10.8. The summed E-state index contributed by atoms with van der Waals surface area (Å²) in [7, 11) is 0. The minimum atomic E-state index is -0.679. The van der Waals surface area contributed by atoms with Crippen LogP contribution in [0.1, 0.15) is 19.3 Å². The lowest BCUT2D eigenvalue weighted by atomic mass is 9.98. The van der Waals surface area contributed by atoms with E-state index < -0.39 is 5.97 Å². The average Bonchev–Trinajstić information content (AvgIpc) is 2.59. The highest BCUT2D eigenvalue weighted by Gasteiger charge is 2.49. The van der Waals surface area contributed by atoms with Crippen LogP contribution in [-0.2, 0) is 4.79 Å². The van der Waals surface area contributed by atoms with Crippen molar-refractivity contribution in [1.82, 2.24) is 0 Å². The summed E-state index contributed by atoms with van der Waals surface area (Å²) in [6.07, 6.45) is 2.79. The van der Waals surface area contributed by atoms with Crippen LogP contribution in [0.3, 0.4) is 0 Å². The van der Waals surface area contributed by atoms with E-state index >= 15 is 0 Å². The molecule has 2 aliphatic carbocycles. The van der Waals surface area contributed by atoms with E-state index in [-0.39, 0.29) is 11.8 Å². The summed E-state index contributed by atoms with van der Waals surface area (Å²) in [5, 5.41) is 12.6. The number of carboxylic acids is 1. The largest absolute Gasteiger partial charge is 0.481 e. The van der Waals surface area contributed by atoms with Gasteiger partial charge in [0, 0.05) is 11.6 Å². The van der Waals surface area contributed by atoms with Crippen LogP contribution in [0.4, 0.5) is 0 Å². The van der Waals surface area contributed by atoms with Gasteiger partial charge in [-0.15, -0.1) is 0 Å². The van der Waals surface area contributed by atoms with Crippen LogP contribution in [-0.4, -0.2) is 16.8 Å². The zero-order chi connectivity index (χ0) is 8.72. The van der Waals surface area contributed by atoms with Gasteiger partial charge in [-0.2, -0.15) is 5.10 Å². The molecule has 2 bridgehead atoms. The highest BCUT2D eigenvalue weighted by Crippen LogP contribution is 2.47. The Kier molecular flexibility index (Phi) is 1.56. The highest BCUT2D eigenvalue weighted by molar-refractivity contribution is 5.95. The van der Waals surface area contributed by atoms with Gasteiger partial charge in [0.2, 0.25) is 0 Å². The molecule has 12 heavy (non-hydrogen) atoms. The Morgan fingerprint density at radius 3 is 2.75 bits per heavy atom. The molecule has 0 aromatic carbocycles. The zero-order valence-corrected chi connectivity index (χ0v) is 6.73. The maximum Gasteiger partial charge on any atom is 0.307 e. The van der Waals surface area contributed by atoms with Crippen LogP contribution in [0.5, 0.6) is 0 Å². The van der Waals surface area contributed by atoms with Crippen molar-refractivity contribution in [1.29, 1.82) is 0 Å². The summed E-state index contributed by atoms with van der Waals surface area (Å²) in [5.74, 6) is 4.73.